The van der Waals surface area contributed by atoms with E-state index in [0.29, 0.717) is 11.1 Å². The van der Waals surface area contributed by atoms with Crippen molar-refractivity contribution in [1.29, 1.82) is 0 Å². The number of imide groups is 2. The molecule has 0 radical (unpaired) electrons. The van der Waals surface area contributed by atoms with E-state index < -0.39 is 47.1 Å². The molecule has 0 fully saturated rings. The van der Waals surface area contributed by atoms with Gasteiger partial charge in [0, 0.05) is 11.1 Å². The molecule has 14 heteroatoms. The van der Waals surface area contributed by atoms with Crippen LogP contribution in [0, 0.1) is 0 Å². The van der Waals surface area contributed by atoms with Gasteiger partial charge in [-0.25, -0.2) is 19.4 Å². The van der Waals surface area contributed by atoms with Crippen LogP contribution in [0.25, 0.3) is 0 Å². The molecule has 0 unspecified atom stereocenters. The number of esters is 2. The average molecular weight is 773 g/mol. The zero-order chi connectivity index (χ0) is 40.5. The Morgan fingerprint density at radius 3 is 1.16 bits per heavy atom. The van der Waals surface area contributed by atoms with Gasteiger partial charge in [0.15, 0.2) is 0 Å². The molecule has 0 saturated carbocycles. The first-order chi connectivity index (χ1) is 28.1. The average Bonchev–Trinajstić information content (AvgIpc) is 3.65. The van der Waals surface area contributed by atoms with Crippen molar-refractivity contribution < 1.29 is 48.5 Å². The van der Waals surface area contributed by atoms with Crippen molar-refractivity contribution in [1.82, 2.24) is 0 Å². The van der Waals surface area contributed by atoms with E-state index in [4.69, 9.17) is 9.47 Å². The third-order valence-corrected chi connectivity index (χ3v) is 9.45. The van der Waals surface area contributed by atoms with Crippen molar-refractivity contribution in [3.8, 4) is 11.5 Å². The normalized spacial score (nSPS) is 13.2. The molecule has 2 N–H and O–H groups in total. The van der Waals surface area contributed by atoms with E-state index in [0.717, 1.165) is 9.80 Å². The topological polar surface area (TPSA) is 193 Å². The van der Waals surface area contributed by atoms with Crippen LogP contribution in [0.3, 0.4) is 0 Å². The Balaban J connectivity index is 0.939. The van der Waals surface area contributed by atoms with Gasteiger partial charge in [0.25, 0.3) is 23.6 Å². The number of carbonyl (C=O) groups excluding carboxylic acids is 6. The van der Waals surface area contributed by atoms with Crippen LogP contribution >= 0.6 is 0 Å². The van der Waals surface area contributed by atoms with Gasteiger partial charge in [-0.2, -0.15) is 10.2 Å². The van der Waals surface area contributed by atoms with Crippen molar-refractivity contribution in [2.45, 2.75) is 13.2 Å². The Labute approximate surface area is 328 Å². The number of nitrogens with zero attached hydrogens (tertiary/aromatic N) is 4. The SMILES string of the molecule is O=C(OCc1ccccc1N1C(=O)c2ccccc2C1=O)c1cc(/N=N/c2ccc(O)c(C(=O)OCc3ccccc3N3C(=O)c4ccccc4C3=O)c2)ccc1O. The number of phenolic OH excluding ortho intramolecular Hbond substituents is 2. The standard InChI is InChI=1S/C44H28N4O10/c49-37-19-17-27(21-33(37)43(55)57-23-25-9-1-7-15-35(25)47-39(51)29-11-3-4-12-30(29)40(47)52)45-46-28-18-20-38(50)34(22-28)44(56)58-24-26-10-2-8-16-36(26)48-41(53)31-13-5-6-14-32(31)42(48)54/h1-22,49-50H,23-24H2/b46-45+. The van der Waals surface area contributed by atoms with Crippen LogP contribution in [0.5, 0.6) is 11.5 Å². The maximum atomic E-state index is 13.2. The minimum Gasteiger partial charge on any atom is -0.507 e. The number of carbonyl (C=O) groups is 6. The van der Waals surface area contributed by atoms with Crippen LogP contribution in [0.15, 0.2) is 144 Å². The molecule has 284 valence electrons. The number of hydrogen-bond acceptors (Lipinski definition) is 12. The minimum atomic E-state index is -0.925. The first-order valence-electron chi connectivity index (χ1n) is 17.6. The lowest BCUT2D eigenvalue weighted by Crippen LogP contribution is -2.30. The molecule has 0 spiro atoms. The number of phenols is 2. The second kappa shape index (κ2) is 15.1. The highest BCUT2D eigenvalue weighted by Gasteiger charge is 2.38. The van der Waals surface area contributed by atoms with Crippen LogP contribution in [0.1, 0.15) is 73.3 Å². The van der Waals surface area contributed by atoms with Gasteiger partial charge >= 0.3 is 11.9 Å². The quantitative estimate of drug-likeness (QED) is 0.0788. The molecule has 6 aromatic rings. The van der Waals surface area contributed by atoms with Gasteiger partial charge in [0.1, 0.15) is 35.8 Å². The van der Waals surface area contributed by atoms with E-state index in [1.807, 2.05) is 0 Å². The van der Waals surface area contributed by atoms with Crippen LogP contribution in [0.2, 0.25) is 0 Å². The fraction of sp³-hybridized carbons (Fsp3) is 0.0455. The van der Waals surface area contributed by atoms with Gasteiger partial charge in [-0.15, -0.1) is 0 Å². The second-order valence-electron chi connectivity index (χ2n) is 13.0. The summed E-state index contributed by atoms with van der Waals surface area (Å²) in [5, 5.41) is 29.2. The summed E-state index contributed by atoms with van der Waals surface area (Å²) in [5.41, 5.74) is 2.05. The lowest BCUT2D eigenvalue weighted by Gasteiger charge is -2.18. The van der Waals surface area contributed by atoms with E-state index in [1.54, 1.807) is 97.1 Å². The monoisotopic (exact) mass is 772 g/mol. The summed E-state index contributed by atoms with van der Waals surface area (Å²) in [5.74, 6) is -4.68. The first kappa shape index (κ1) is 36.7. The van der Waals surface area contributed by atoms with Gasteiger partial charge in [-0.05, 0) is 72.8 Å². The van der Waals surface area contributed by atoms with Crippen LogP contribution in [-0.2, 0) is 22.7 Å². The Morgan fingerprint density at radius 1 is 0.466 bits per heavy atom. The summed E-state index contributed by atoms with van der Waals surface area (Å²) in [6.45, 7) is -0.678. The zero-order valence-corrected chi connectivity index (χ0v) is 30.1. The largest absolute Gasteiger partial charge is 0.507 e. The van der Waals surface area contributed by atoms with Crippen molar-refractivity contribution >= 4 is 58.3 Å². The minimum absolute atomic E-state index is 0.123. The Morgan fingerprint density at radius 2 is 0.793 bits per heavy atom. The summed E-state index contributed by atoms with van der Waals surface area (Å²) >= 11 is 0. The lowest BCUT2D eigenvalue weighted by atomic mass is 10.1. The molecular formula is C44H28N4O10. The molecule has 2 heterocycles. The number of anilines is 2. The Bertz CT molecular complexity index is 2510. The van der Waals surface area contributed by atoms with Crippen LogP contribution < -0.4 is 9.80 Å². The maximum Gasteiger partial charge on any atom is 0.342 e. The molecule has 2 aliphatic heterocycles. The molecular weight excluding hydrogens is 745 g/mol. The Kier molecular flexibility index (Phi) is 9.56. The van der Waals surface area contributed by atoms with E-state index in [-0.39, 0.29) is 69.3 Å². The maximum absolute atomic E-state index is 13.2. The molecule has 0 saturated heterocycles. The smallest absolute Gasteiger partial charge is 0.342 e. The Hall–Kier alpha value is -8.26. The molecule has 58 heavy (non-hydrogen) atoms. The number of hydrogen-bond donors (Lipinski definition) is 2. The van der Waals surface area contributed by atoms with Crippen molar-refractivity contribution in [3.63, 3.8) is 0 Å². The fourth-order valence-corrected chi connectivity index (χ4v) is 6.58. The summed E-state index contributed by atoms with van der Waals surface area (Å²) in [6.07, 6.45) is 0. The molecule has 0 aromatic heterocycles. The van der Waals surface area contributed by atoms with Gasteiger partial charge in [0.2, 0.25) is 0 Å². The molecule has 0 bridgehead atoms. The van der Waals surface area contributed by atoms with Gasteiger partial charge in [-0.3, -0.25) is 19.2 Å². The second-order valence-corrected chi connectivity index (χ2v) is 13.0. The zero-order valence-electron chi connectivity index (χ0n) is 30.1. The van der Waals surface area contributed by atoms with E-state index >= 15 is 0 Å². The van der Waals surface area contributed by atoms with E-state index in [1.165, 1.54) is 36.4 Å². The number of fused-ring (bicyclic) bond motifs is 2. The van der Waals surface area contributed by atoms with Gasteiger partial charge in [-0.1, -0.05) is 60.7 Å². The molecule has 14 nitrogen and oxygen atoms in total. The van der Waals surface area contributed by atoms with Crippen molar-refractivity contribution in [2.75, 3.05) is 9.80 Å². The number of rotatable bonds is 10. The molecule has 8 rings (SSSR count). The number of ether oxygens (including phenoxy) is 2. The highest BCUT2D eigenvalue weighted by molar-refractivity contribution is 6.35. The number of para-hydroxylation sites is 2. The van der Waals surface area contributed by atoms with E-state index in [2.05, 4.69) is 10.2 Å². The van der Waals surface area contributed by atoms with Crippen LogP contribution in [-0.4, -0.2) is 45.8 Å². The highest BCUT2D eigenvalue weighted by Crippen LogP contribution is 2.34. The van der Waals surface area contributed by atoms with Gasteiger partial charge < -0.3 is 19.7 Å². The summed E-state index contributed by atoms with van der Waals surface area (Å²) in [4.78, 5) is 80.9. The number of azo groups is 1. The van der Waals surface area contributed by atoms with E-state index in [9.17, 15) is 39.0 Å². The molecule has 0 aliphatic carbocycles. The first-order valence-corrected chi connectivity index (χ1v) is 17.6. The van der Waals surface area contributed by atoms with Crippen molar-refractivity contribution in [2.24, 2.45) is 10.2 Å². The summed E-state index contributed by atoms with van der Waals surface area (Å²) < 4.78 is 11.0. The summed E-state index contributed by atoms with van der Waals surface area (Å²) in [6, 6.07) is 33.5. The van der Waals surface area contributed by atoms with Gasteiger partial charge in [0.05, 0.1) is 45.0 Å². The van der Waals surface area contributed by atoms with Crippen LogP contribution in [0.4, 0.5) is 22.7 Å². The molecule has 2 aliphatic rings. The summed E-state index contributed by atoms with van der Waals surface area (Å²) in [7, 11) is 0. The lowest BCUT2D eigenvalue weighted by molar-refractivity contribution is 0.0460. The third-order valence-electron chi connectivity index (χ3n) is 9.45. The van der Waals surface area contributed by atoms with Crippen molar-refractivity contribution in [3.05, 3.63) is 178 Å². The number of aromatic hydroxyl groups is 2. The number of benzene rings is 6. The predicted molar refractivity (Wildman–Crippen MR) is 207 cm³/mol. The molecule has 4 amide bonds. The third kappa shape index (κ3) is 6.70. The fourth-order valence-electron chi connectivity index (χ4n) is 6.58. The predicted octanol–water partition coefficient (Wildman–Crippen LogP) is 7.83. The molecule has 0 atom stereocenters. The molecule has 6 aromatic carbocycles. The number of amides is 4. The highest BCUT2D eigenvalue weighted by atomic mass is 16.5.